The summed E-state index contributed by atoms with van der Waals surface area (Å²) in [4.78, 5) is 38.3. The van der Waals surface area contributed by atoms with Crippen LogP contribution in [0.3, 0.4) is 0 Å². The largest absolute Gasteiger partial charge is 0.543 e. The Hall–Kier alpha value is -4.26. The average Bonchev–Trinajstić information content (AvgIpc) is 2.78. The van der Waals surface area contributed by atoms with E-state index < -0.39 is 29.2 Å². The molecule has 1 heterocycles. The fraction of sp³-hybridized carbons (Fsp3) is 0.0833. The minimum absolute atomic E-state index is 0.140. The SMILES string of the molecule is Cc1ccc(NC(=O)[C@@H](c2ccccc2)n2nc(C(=O)[O-])c3ccccc3c2=O)cc1. The number of rotatable bonds is 5. The Morgan fingerprint density at radius 2 is 1.52 bits per heavy atom. The first kappa shape index (κ1) is 20.0. The summed E-state index contributed by atoms with van der Waals surface area (Å²) in [5.74, 6) is -2.06. The molecule has 3 aromatic carbocycles. The lowest BCUT2D eigenvalue weighted by atomic mass is 10.1. The number of aromatic nitrogens is 2. The minimum atomic E-state index is -1.53. The first-order valence-corrected chi connectivity index (χ1v) is 9.61. The van der Waals surface area contributed by atoms with E-state index in [0.717, 1.165) is 10.2 Å². The second-order valence-corrected chi connectivity index (χ2v) is 7.10. The van der Waals surface area contributed by atoms with Crippen molar-refractivity contribution < 1.29 is 14.7 Å². The van der Waals surface area contributed by atoms with Crippen LogP contribution in [0, 0.1) is 6.92 Å². The molecule has 0 spiro atoms. The van der Waals surface area contributed by atoms with Gasteiger partial charge in [-0.3, -0.25) is 9.59 Å². The normalized spacial score (nSPS) is 11.8. The fourth-order valence-electron chi connectivity index (χ4n) is 3.42. The van der Waals surface area contributed by atoms with Gasteiger partial charge in [-0.25, -0.2) is 4.68 Å². The number of anilines is 1. The van der Waals surface area contributed by atoms with Crippen LogP contribution in [0.4, 0.5) is 5.69 Å². The molecule has 0 fully saturated rings. The summed E-state index contributed by atoms with van der Waals surface area (Å²) in [6.45, 7) is 1.93. The molecule has 4 aromatic rings. The van der Waals surface area contributed by atoms with Gasteiger partial charge in [-0.15, -0.1) is 0 Å². The highest BCUT2D eigenvalue weighted by Crippen LogP contribution is 2.21. The number of hydrogen-bond acceptors (Lipinski definition) is 5. The molecule has 0 saturated carbocycles. The third-order valence-corrected chi connectivity index (χ3v) is 4.95. The number of hydrogen-bond donors (Lipinski definition) is 1. The molecule has 0 unspecified atom stereocenters. The number of carboxylic acids is 1. The Bertz CT molecular complexity index is 1330. The molecule has 154 valence electrons. The van der Waals surface area contributed by atoms with Gasteiger partial charge in [0.15, 0.2) is 6.04 Å². The zero-order valence-electron chi connectivity index (χ0n) is 16.6. The molecule has 0 saturated heterocycles. The predicted octanol–water partition coefficient (Wildman–Crippen LogP) is 2.30. The Morgan fingerprint density at radius 1 is 0.903 bits per heavy atom. The van der Waals surface area contributed by atoms with Crippen LogP contribution in [0.2, 0.25) is 0 Å². The van der Waals surface area contributed by atoms with Crippen LogP contribution in [0.1, 0.15) is 27.7 Å². The van der Waals surface area contributed by atoms with Crippen molar-refractivity contribution in [2.75, 3.05) is 5.32 Å². The number of aryl methyl sites for hydroxylation is 1. The molecule has 1 atom stereocenters. The van der Waals surface area contributed by atoms with Gasteiger partial charge < -0.3 is 15.2 Å². The Kier molecular flexibility index (Phi) is 5.32. The molecule has 0 bridgehead atoms. The Morgan fingerprint density at radius 3 is 2.16 bits per heavy atom. The number of benzene rings is 3. The van der Waals surface area contributed by atoms with Crippen LogP contribution in [-0.2, 0) is 4.79 Å². The lowest BCUT2D eigenvalue weighted by Crippen LogP contribution is -2.38. The Balaban J connectivity index is 1.90. The molecule has 0 radical (unpaired) electrons. The lowest BCUT2D eigenvalue weighted by molar-refractivity contribution is -0.255. The number of carbonyl (C=O) groups is 2. The first-order chi connectivity index (χ1) is 15.0. The Labute approximate surface area is 177 Å². The summed E-state index contributed by atoms with van der Waals surface area (Å²) in [6.07, 6.45) is 0. The summed E-state index contributed by atoms with van der Waals surface area (Å²) >= 11 is 0. The molecule has 7 nitrogen and oxygen atoms in total. The molecule has 1 N–H and O–H groups in total. The molecule has 31 heavy (non-hydrogen) atoms. The van der Waals surface area contributed by atoms with E-state index in [1.165, 1.54) is 12.1 Å². The quantitative estimate of drug-likeness (QED) is 0.542. The van der Waals surface area contributed by atoms with Crippen LogP contribution >= 0.6 is 0 Å². The van der Waals surface area contributed by atoms with Crippen molar-refractivity contribution >= 4 is 28.3 Å². The van der Waals surface area contributed by atoms with Gasteiger partial charge in [0.25, 0.3) is 11.5 Å². The summed E-state index contributed by atoms with van der Waals surface area (Å²) < 4.78 is 0.909. The van der Waals surface area contributed by atoms with Gasteiger partial charge in [0, 0.05) is 11.1 Å². The average molecular weight is 412 g/mol. The maximum absolute atomic E-state index is 13.3. The van der Waals surface area contributed by atoms with Crippen LogP contribution < -0.4 is 16.0 Å². The maximum atomic E-state index is 13.3. The number of amides is 1. The number of carbonyl (C=O) groups excluding carboxylic acids is 2. The zero-order valence-corrected chi connectivity index (χ0v) is 16.6. The van der Waals surface area contributed by atoms with Gasteiger partial charge in [-0.1, -0.05) is 66.2 Å². The highest BCUT2D eigenvalue weighted by molar-refractivity contribution is 6.01. The number of fused-ring (bicyclic) bond motifs is 1. The standard InChI is InChI=1S/C24H19N3O4/c1-15-11-13-17(14-12-15)25-22(28)21(16-7-3-2-4-8-16)27-23(29)19-10-6-5-9-18(19)20(26-27)24(30)31/h2-14,21H,1H3,(H,25,28)(H,30,31)/p-1/t21-/m1/s1. The molecular weight excluding hydrogens is 394 g/mol. The van der Waals surface area contributed by atoms with E-state index in [9.17, 15) is 19.5 Å². The van der Waals surface area contributed by atoms with Gasteiger partial charge >= 0.3 is 0 Å². The van der Waals surface area contributed by atoms with Crippen LogP contribution in [0.5, 0.6) is 0 Å². The number of nitrogens with one attached hydrogen (secondary N) is 1. The van der Waals surface area contributed by atoms with Crippen molar-refractivity contribution in [2.45, 2.75) is 13.0 Å². The van der Waals surface area contributed by atoms with E-state index in [-0.39, 0.29) is 10.8 Å². The summed E-state index contributed by atoms with van der Waals surface area (Å²) in [5, 5.41) is 18.9. The number of carboxylic acid groups (broad SMARTS) is 1. The minimum Gasteiger partial charge on any atom is -0.543 e. The molecular formula is C24H18N3O4-. The summed E-state index contributed by atoms with van der Waals surface area (Å²) in [7, 11) is 0. The van der Waals surface area contributed by atoms with Gasteiger partial charge in [0.05, 0.1) is 11.4 Å². The topological polar surface area (TPSA) is 104 Å². The van der Waals surface area contributed by atoms with Gasteiger partial charge in [0.2, 0.25) is 0 Å². The molecule has 1 amide bonds. The molecule has 4 rings (SSSR count). The number of nitrogens with zero attached hydrogens (tertiary/aromatic N) is 2. The van der Waals surface area contributed by atoms with Crippen LogP contribution in [-0.4, -0.2) is 21.7 Å². The van der Waals surface area contributed by atoms with Crippen molar-refractivity contribution in [1.82, 2.24) is 9.78 Å². The molecule has 0 aliphatic heterocycles. The summed E-state index contributed by atoms with van der Waals surface area (Å²) in [5.41, 5.74) is 1.09. The van der Waals surface area contributed by atoms with Crippen molar-refractivity contribution in [3.05, 3.63) is 106 Å². The molecule has 0 aliphatic carbocycles. The zero-order chi connectivity index (χ0) is 22.0. The van der Waals surface area contributed by atoms with Gasteiger partial charge in [-0.2, -0.15) is 5.10 Å². The molecule has 1 aromatic heterocycles. The van der Waals surface area contributed by atoms with E-state index >= 15 is 0 Å². The van der Waals surface area contributed by atoms with Crippen molar-refractivity contribution in [2.24, 2.45) is 0 Å². The number of aromatic carboxylic acids is 1. The smallest absolute Gasteiger partial charge is 0.275 e. The second-order valence-electron chi connectivity index (χ2n) is 7.10. The van der Waals surface area contributed by atoms with Crippen molar-refractivity contribution in [3.63, 3.8) is 0 Å². The predicted molar refractivity (Wildman–Crippen MR) is 115 cm³/mol. The fourth-order valence-corrected chi connectivity index (χ4v) is 3.42. The molecule has 7 heteroatoms. The monoisotopic (exact) mass is 412 g/mol. The highest BCUT2D eigenvalue weighted by Gasteiger charge is 2.27. The second kappa shape index (κ2) is 8.23. The first-order valence-electron chi connectivity index (χ1n) is 9.61. The summed E-state index contributed by atoms with van der Waals surface area (Å²) in [6, 6.07) is 20.8. The third-order valence-electron chi connectivity index (χ3n) is 4.95. The molecule has 0 aliphatic rings. The maximum Gasteiger partial charge on any atom is 0.275 e. The van der Waals surface area contributed by atoms with Gasteiger partial charge in [0.1, 0.15) is 5.69 Å². The van der Waals surface area contributed by atoms with E-state index in [1.54, 1.807) is 54.6 Å². The van der Waals surface area contributed by atoms with E-state index in [2.05, 4.69) is 10.4 Å². The van der Waals surface area contributed by atoms with Crippen LogP contribution in [0.25, 0.3) is 10.8 Å². The van der Waals surface area contributed by atoms with Crippen LogP contribution in [0.15, 0.2) is 83.7 Å². The van der Waals surface area contributed by atoms with E-state index in [4.69, 9.17) is 0 Å². The van der Waals surface area contributed by atoms with E-state index in [1.807, 2.05) is 19.1 Å². The van der Waals surface area contributed by atoms with Gasteiger partial charge in [-0.05, 0) is 30.7 Å². The van der Waals surface area contributed by atoms with Crippen molar-refractivity contribution in [3.8, 4) is 0 Å². The highest BCUT2D eigenvalue weighted by atomic mass is 16.4. The lowest BCUT2D eigenvalue weighted by Gasteiger charge is -2.21. The van der Waals surface area contributed by atoms with Crippen molar-refractivity contribution in [1.29, 1.82) is 0 Å². The third kappa shape index (κ3) is 3.93. The van der Waals surface area contributed by atoms with E-state index in [0.29, 0.717) is 11.3 Å².